The molecule has 0 radical (unpaired) electrons. The fourth-order valence-electron chi connectivity index (χ4n) is 2.78. The van der Waals surface area contributed by atoms with Crippen LogP contribution in [0.15, 0.2) is 17.1 Å². The molecule has 1 saturated heterocycles. The van der Waals surface area contributed by atoms with Crippen LogP contribution in [0.1, 0.15) is 40.8 Å². The van der Waals surface area contributed by atoms with Crippen LogP contribution >= 0.6 is 11.8 Å². The highest BCUT2D eigenvalue weighted by Gasteiger charge is 2.28. The molecule has 2 atom stereocenters. The van der Waals surface area contributed by atoms with Crippen molar-refractivity contribution in [3.8, 4) is 0 Å². The van der Waals surface area contributed by atoms with Crippen LogP contribution < -0.4 is 10.6 Å². The SMILES string of the molecule is CCOCC1O[C@H](n2ccc(N(C(C)C)C(C)C)nc2=O)CS1. The van der Waals surface area contributed by atoms with E-state index in [1.165, 1.54) is 0 Å². The molecule has 130 valence electrons. The third kappa shape index (κ3) is 4.49. The molecule has 0 saturated carbocycles. The van der Waals surface area contributed by atoms with Crippen molar-refractivity contribution in [3.63, 3.8) is 0 Å². The zero-order valence-electron chi connectivity index (χ0n) is 14.6. The molecule has 0 N–H and O–H groups in total. The van der Waals surface area contributed by atoms with Crippen molar-refractivity contribution >= 4 is 17.6 Å². The minimum atomic E-state index is -0.272. The Hall–Kier alpha value is -1.05. The Morgan fingerprint density at radius 1 is 1.43 bits per heavy atom. The van der Waals surface area contributed by atoms with Gasteiger partial charge in [0.05, 0.1) is 6.61 Å². The second-order valence-electron chi connectivity index (χ2n) is 6.08. The number of thioether (sulfide) groups is 1. The van der Waals surface area contributed by atoms with Gasteiger partial charge in [0.25, 0.3) is 0 Å². The first kappa shape index (κ1) is 18.3. The average molecular weight is 341 g/mol. The summed E-state index contributed by atoms with van der Waals surface area (Å²) in [4.78, 5) is 18.8. The fraction of sp³-hybridized carbons (Fsp3) is 0.750. The van der Waals surface area contributed by atoms with Crippen molar-refractivity contribution in [2.24, 2.45) is 0 Å². The van der Waals surface area contributed by atoms with E-state index in [0.29, 0.717) is 19.0 Å². The van der Waals surface area contributed by atoms with Crippen molar-refractivity contribution in [2.75, 3.05) is 23.9 Å². The largest absolute Gasteiger partial charge is 0.378 e. The van der Waals surface area contributed by atoms with Gasteiger partial charge in [0, 0.05) is 30.6 Å². The van der Waals surface area contributed by atoms with Crippen LogP contribution in [0.2, 0.25) is 0 Å². The molecule has 6 nitrogen and oxygen atoms in total. The second-order valence-corrected chi connectivity index (χ2v) is 7.28. The van der Waals surface area contributed by atoms with Crippen LogP contribution in [0.4, 0.5) is 5.82 Å². The Kier molecular flexibility index (Phi) is 6.50. The monoisotopic (exact) mass is 341 g/mol. The minimum absolute atomic E-state index is 0.0191. The lowest BCUT2D eigenvalue weighted by Gasteiger charge is -2.31. The Bertz CT molecular complexity index is 554. The topological polar surface area (TPSA) is 56.6 Å². The Morgan fingerprint density at radius 3 is 2.70 bits per heavy atom. The molecular weight excluding hydrogens is 314 g/mol. The maximum atomic E-state index is 12.4. The standard InChI is InChI=1S/C16H27N3O3S/c1-6-21-9-15-22-14(10-23-15)18-8-7-13(17-16(18)20)19(11(2)3)12(4)5/h7-8,11-12,14-15H,6,9-10H2,1-5H3/t14-,15?/m0/s1. The van der Waals surface area contributed by atoms with Gasteiger partial charge in [-0.2, -0.15) is 4.98 Å². The van der Waals surface area contributed by atoms with E-state index >= 15 is 0 Å². The summed E-state index contributed by atoms with van der Waals surface area (Å²) in [6.45, 7) is 11.6. The number of rotatable bonds is 7. The summed E-state index contributed by atoms with van der Waals surface area (Å²) in [5, 5.41) is 0. The summed E-state index contributed by atoms with van der Waals surface area (Å²) in [7, 11) is 0. The lowest BCUT2D eigenvalue weighted by molar-refractivity contribution is -0.0226. The van der Waals surface area contributed by atoms with Gasteiger partial charge in [-0.15, -0.1) is 11.8 Å². The molecule has 1 unspecified atom stereocenters. The van der Waals surface area contributed by atoms with Crippen molar-refractivity contribution in [1.29, 1.82) is 0 Å². The maximum absolute atomic E-state index is 12.4. The fourth-order valence-corrected chi connectivity index (χ4v) is 3.80. The van der Waals surface area contributed by atoms with Crippen molar-refractivity contribution in [3.05, 3.63) is 22.7 Å². The molecule has 0 amide bonds. The molecule has 23 heavy (non-hydrogen) atoms. The first-order valence-corrected chi connectivity index (χ1v) is 9.21. The predicted octanol–water partition coefficient (Wildman–Crippen LogP) is 2.49. The van der Waals surface area contributed by atoms with Gasteiger partial charge in [-0.1, -0.05) is 0 Å². The molecule has 0 bridgehead atoms. The van der Waals surface area contributed by atoms with Crippen LogP contribution in [0.25, 0.3) is 0 Å². The molecule has 0 spiro atoms. The summed E-state index contributed by atoms with van der Waals surface area (Å²) in [6.07, 6.45) is 1.52. The number of nitrogens with zero attached hydrogens (tertiary/aromatic N) is 3. The van der Waals surface area contributed by atoms with E-state index in [4.69, 9.17) is 9.47 Å². The predicted molar refractivity (Wildman–Crippen MR) is 94.1 cm³/mol. The molecule has 1 fully saturated rings. The average Bonchev–Trinajstić information content (AvgIpc) is 2.93. The molecule has 1 aliphatic rings. The smallest absolute Gasteiger partial charge is 0.351 e. The van der Waals surface area contributed by atoms with E-state index in [0.717, 1.165) is 5.75 Å². The molecule has 0 aromatic carbocycles. The third-order valence-corrected chi connectivity index (χ3v) is 4.79. The van der Waals surface area contributed by atoms with Gasteiger partial charge < -0.3 is 14.4 Å². The molecule has 2 rings (SSSR count). The van der Waals surface area contributed by atoms with E-state index in [1.54, 1.807) is 22.5 Å². The lowest BCUT2D eigenvalue weighted by Crippen LogP contribution is -2.39. The number of aromatic nitrogens is 2. The van der Waals surface area contributed by atoms with Gasteiger partial charge in [-0.05, 0) is 40.7 Å². The molecular formula is C16H27N3O3S. The van der Waals surface area contributed by atoms with Crippen molar-refractivity contribution in [1.82, 2.24) is 9.55 Å². The van der Waals surface area contributed by atoms with Gasteiger partial charge in [0.2, 0.25) is 0 Å². The van der Waals surface area contributed by atoms with Gasteiger partial charge in [-0.25, -0.2) is 4.79 Å². The number of ether oxygens (including phenoxy) is 2. The summed E-state index contributed by atoms with van der Waals surface area (Å²) in [5.74, 6) is 1.45. The van der Waals surface area contributed by atoms with Crippen LogP contribution in [-0.4, -0.2) is 46.0 Å². The van der Waals surface area contributed by atoms with Crippen LogP contribution in [0, 0.1) is 0 Å². The van der Waals surface area contributed by atoms with Gasteiger partial charge in [0.15, 0.2) is 0 Å². The van der Waals surface area contributed by atoms with E-state index in [1.807, 2.05) is 13.0 Å². The van der Waals surface area contributed by atoms with Crippen LogP contribution in [0.3, 0.4) is 0 Å². The third-order valence-electron chi connectivity index (χ3n) is 3.69. The van der Waals surface area contributed by atoms with Gasteiger partial charge in [-0.3, -0.25) is 4.57 Å². The molecule has 0 aliphatic carbocycles. The quantitative estimate of drug-likeness (QED) is 0.759. The van der Waals surface area contributed by atoms with E-state index in [-0.39, 0.29) is 29.4 Å². The Balaban J connectivity index is 2.13. The van der Waals surface area contributed by atoms with E-state index < -0.39 is 0 Å². The first-order chi connectivity index (χ1) is 10.9. The number of hydrogen-bond donors (Lipinski definition) is 0. The van der Waals surface area contributed by atoms with Gasteiger partial charge in [0.1, 0.15) is 17.5 Å². The van der Waals surface area contributed by atoms with Gasteiger partial charge >= 0.3 is 5.69 Å². The van der Waals surface area contributed by atoms with Crippen LogP contribution in [0.5, 0.6) is 0 Å². The minimum Gasteiger partial charge on any atom is -0.378 e. The lowest BCUT2D eigenvalue weighted by atomic mass is 10.2. The summed E-state index contributed by atoms with van der Waals surface area (Å²) < 4.78 is 12.8. The second kappa shape index (κ2) is 8.17. The number of anilines is 1. The first-order valence-electron chi connectivity index (χ1n) is 8.16. The van der Waals surface area contributed by atoms with Crippen molar-refractivity contribution in [2.45, 2.75) is 58.4 Å². The summed E-state index contributed by atoms with van der Waals surface area (Å²) in [6, 6.07) is 2.46. The van der Waals surface area contributed by atoms with E-state index in [9.17, 15) is 4.79 Å². The normalized spacial score (nSPS) is 21.3. The highest BCUT2D eigenvalue weighted by Crippen LogP contribution is 2.31. The highest BCUT2D eigenvalue weighted by atomic mass is 32.2. The maximum Gasteiger partial charge on any atom is 0.351 e. The number of hydrogen-bond acceptors (Lipinski definition) is 6. The molecule has 2 heterocycles. The molecule has 7 heteroatoms. The zero-order valence-corrected chi connectivity index (χ0v) is 15.4. The Morgan fingerprint density at radius 2 is 2.13 bits per heavy atom. The van der Waals surface area contributed by atoms with E-state index in [2.05, 4.69) is 37.6 Å². The highest BCUT2D eigenvalue weighted by molar-refractivity contribution is 8.00. The molecule has 1 aromatic rings. The molecule has 1 aromatic heterocycles. The summed E-state index contributed by atoms with van der Waals surface area (Å²) >= 11 is 1.67. The Labute approximate surface area is 142 Å². The van der Waals surface area contributed by atoms with Crippen molar-refractivity contribution < 1.29 is 9.47 Å². The molecule has 1 aliphatic heterocycles. The zero-order chi connectivity index (χ0) is 17.0. The van der Waals surface area contributed by atoms with Crippen LogP contribution in [-0.2, 0) is 9.47 Å². The summed E-state index contributed by atoms with van der Waals surface area (Å²) in [5.41, 5.74) is -0.286.